The van der Waals surface area contributed by atoms with E-state index in [1.54, 1.807) is 18.0 Å². The van der Waals surface area contributed by atoms with Gasteiger partial charge in [0.05, 0.1) is 5.69 Å². The Morgan fingerprint density at radius 1 is 1.33 bits per heavy atom. The predicted molar refractivity (Wildman–Crippen MR) is 69.5 cm³/mol. The Kier molecular flexibility index (Phi) is 3.49. The third kappa shape index (κ3) is 2.20. The summed E-state index contributed by atoms with van der Waals surface area (Å²) in [4.78, 5) is 1.62. The molecule has 0 amide bonds. The molecule has 15 heavy (non-hydrogen) atoms. The van der Waals surface area contributed by atoms with Gasteiger partial charge in [-0.05, 0) is 12.1 Å². The molecule has 1 aliphatic heterocycles. The van der Waals surface area contributed by atoms with Crippen molar-refractivity contribution < 1.29 is 13.2 Å². The van der Waals surface area contributed by atoms with Crippen LogP contribution in [0.15, 0.2) is 24.3 Å². The van der Waals surface area contributed by atoms with Crippen LogP contribution < -0.4 is 9.64 Å². The molecule has 1 heterocycles. The van der Waals surface area contributed by atoms with Crippen LogP contribution in [0.25, 0.3) is 0 Å². The number of hydrogen-bond acceptors (Lipinski definition) is 4. The number of sulfone groups is 1. The molecule has 0 radical (unpaired) electrons. The van der Waals surface area contributed by atoms with Gasteiger partial charge in [-0.3, -0.25) is 0 Å². The van der Waals surface area contributed by atoms with E-state index in [2.05, 4.69) is 0 Å². The molecule has 0 N–H and O–H groups in total. The minimum Gasteiger partial charge on any atom is -0.454 e. The average Bonchev–Trinajstić information content (AvgIpc) is 2.44. The molecule has 0 aromatic heterocycles. The van der Waals surface area contributed by atoms with Crippen molar-refractivity contribution >= 4 is 39.5 Å². The smallest absolute Gasteiger partial charge is 0.274 e. The molecule has 4 nitrogen and oxygen atoms in total. The minimum absolute atomic E-state index is 0. The lowest BCUT2D eigenvalue weighted by Gasteiger charge is -2.17. The Hall–Kier alpha value is -0.500. The molecule has 2 rings (SSSR count). The van der Waals surface area contributed by atoms with E-state index in [4.69, 9.17) is 4.74 Å². The van der Waals surface area contributed by atoms with Gasteiger partial charge in [-0.2, -0.15) is 0 Å². The minimum atomic E-state index is -3.22. The number of hydrogen-bond donors (Lipinski definition) is 0. The molecular weight excluding hydrogens is 329 g/mol. The van der Waals surface area contributed by atoms with E-state index >= 15 is 0 Å². The Labute approximate surface area is 106 Å². The number of benzene rings is 1. The van der Waals surface area contributed by atoms with Crippen molar-refractivity contribution in [3.8, 4) is 5.75 Å². The molecule has 1 atom stereocenters. The van der Waals surface area contributed by atoms with Crippen LogP contribution in [-0.4, -0.2) is 27.3 Å². The summed E-state index contributed by atoms with van der Waals surface area (Å²) in [5.41, 5.74) is -0.0807. The lowest BCUT2D eigenvalue weighted by Crippen LogP contribution is -2.37. The maximum Gasteiger partial charge on any atom is 0.274 e. The van der Waals surface area contributed by atoms with Crippen LogP contribution in [0.3, 0.4) is 0 Å². The highest BCUT2D eigenvalue weighted by Gasteiger charge is 2.35. The largest absolute Gasteiger partial charge is 0.454 e. The zero-order valence-corrected chi connectivity index (χ0v) is 11.5. The van der Waals surface area contributed by atoms with Crippen molar-refractivity contribution in [2.45, 2.75) is 5.56 Å². The second-order valence-corrected chi connectivity index (χ2v) is 5.40. The molecule has 0 saturated carbocycles. The Balaban J connectivity index is 0.00000112. The maximum atomic E-state index is 11.3. The van der Waals surface area contributed by atoms with Crippen LogP contribution in [0.1, 0.15) is 0 Å². The van der Waals surface area contributed by atoms with E-state index in [0.29, 0.717) is 5.75 Å². The summed E-state index contributed by atoms with van der Waals surface area (Å²) in [6.07, 6.45) is 1.17. The van der Waals surface area contributed by atoms with Gasteiger partial charge >= 0.3 is 0 Å². The summed E-state index contributed by atoms with van der Waals surface area (Å²) in [6.45, 7) is 0. The molecule has 0 aliphatic carbocycles. The van der Waals surface area contributed by atoms with Crippen LogP contribution in [0.5, 0.6) is 5.75 Å². The van der Waals surface area contributed by atoms with Crippen molar-refractivity contribution in [3.63, 3.8) is 0 Å². The number of halogens is 1. The number of para-hydroxylation sites is 2. The maximum absolute atomic E-state index is 11.3. The van der Waals surface area contributed by atoms with Gasteiger partial charge in [0.2, 0.25) is 9.84 Å². The summed E-state index contributed by atoms with van der Waals surface area (Å²) < 4.78 is 28.0. The van der Waals surface area contributed by atoms with Crippen molar-refractivity contribution in [2.24, 2.45) is 0 Å². The van der Waals surface area contributed by atoms with Crippen molar-refractivity contribution in [2.75, 3.05) is 18.2 Å². The molecule has 84 valence electrons. The number of nitrogens with zero attached hydrogens (tertiary/aromatic N) is 1. The van der Waals surface area contributed by atoms with Crippen LogP contribution in [0.2, 0.25) is 0 Å². The fourth-order valence-electron chi connectivity index (χ4n) is 1.52. The molecule has 1 aliphatic rings. The van der Waals surface area contributed by atoms with E-state index < -0.39 is 15.4 Å². The number of anilines is 1. The zero-order chi connectivity index (χ0) is 10.3. The fraction of sp³-hybridized carbons (Fsp3) is 0.333. The number of rotatable bonds is 1. The first kappa shape index (κ1) is 12.6. The molecule has 6 heteroatoms. The lowest BCUT2D eigenvalue weighted by molar-refractivity contribution is 0.304. The van der Waals surface area contributed by atoms with Crippen LogP contribution >= 0.6 is 24.0 Å². The Bertz CT molecular complexity index is 460. The SMILES string of the molecule is CN1c2ccccc2OC1S(C)(=O)=O.I. The van der Waals surface area contributed by atoms with Crippen molar-refractivity contribution in [3.05, 3.63) is 24.3 Å². The van der Waals surface area contributed by atoms with Gasteiger partial charge in [0.25, 0.3) is 5.56 Å². The van der Waals surface area contributed by atoms with Gasteiger partial charge in [0.15, 0.2) is 0 Å². The van der Waals surface area contributed by atoms with Crippen molar-refractivity contribution in [1.82, 2.24) is 0 Å². The van der Waals surface area contributed by atoms with Crippen molar-refractivity contribution in [1.29, 1.82) is 0 Å². The van der Waals surface area contributed by atoms with E-state index in [1.165, 1.54) is 6.26 Å². The fourth-order valence-corrected chi connectivity index (χ4v) is 2.49. The van der Waals surface area contributed by atoms with Crippen LogP contribution in [0.4, 0.5) is 5.69 Å². The van der Waals surface area contributed by atoms with Gasteiger partial charge in [-0.1, -0.05) is 12.1 Å². The lowest BCUT2D eigenvalue weighted by atomic mass is 10.3. The molecule has 1 aromatic rings. The van der Waals surface area contributed by atoms with Crippen LogP contribution in [0, 0.1) is 0 Å². The average molecular weight is 341 g/mol. The predicted octanol–water partition coefficient (Wildman–Crippen LogP) is 1.46. The molecule has 0 fully saturated rings. The van der Waals surface area contributed by atoms with E-state index in [-0.39, 0.29) is 24.0 Å². The normalized spacial score (nSPS) is 19.1. The standard InChI is InChI=1S/C9H11NO3S.HI/c1-10-7-5-3-4-6-8(7)13-9(10)14(2,11)12;/h3-6,9H,1-2H3;1H. The first-order valence-electron chi connectivity index (χ1n) is 4.17. The molecular formula is C9H12INO3S. The number of ether oxygens (including phenoxy) is 1. The third-order valence-electron chi connectivity index (χ3n) is 2.16. The number of fused-ring (bicyclic) bond motifs is 1. The summed E-state index contributed by atoms with van der Waals surface area (Å²) in [5, 5.41) is 0. The monoisotopic (exact) mass is 341 g/mol. The quantitative estimate of drug-likeness (QED) is 0.726. The van der Waals surface area contributed by atoms with E-state index in [0.717, 1.165) is 5.69 Å². The zero-order valence-electron chi connectivity index (χ0n) is 8.38. The van der Waals surface area contributed by atoms with Crippen LogP contribution in [-0.2, 0) is 9.84 Å². The van der Waals surface area contributed by atoms with Gasteiger partial charge in [-0.15, -0.1) is 24.0 Å². The molecule has 0 bridgehead atoms. The molecule has 1 unspecified atom stereocenters. The second kappa shape index (κ2) is 4.17. The Morgan fingerprint density at radius 3 is 2.47 bits per heavy atom. The Morgan fingerprint density at radius 2 is 1.93 bits per heavy atom. The molecule has 0 spiro atoms. The summed E-state index contributed by atoms with van der Waals surface area (Å²) in [7, 11) is -1.51. The highest BCUT2D eigenvalue weighted by molar-refractivity contribution is 14.0. The summed E-state index contributed by atoms with van der Waals surface area (Å²) in [5.74, 6) is 0.616. The first-order valence-corrected chi connectivity index (χ1v) is 6.13. The van der Waals surface area contributed by atoms with Gasteiger partial charge in [-0.25, -0.2) is 8.42 Å². The van der Waals surface area contributed by atoms with E-state index in [1.807, 2.05) is 18.2 Å². The molecule has 0 saturated heterocycles. The van der Waals surface area contributed by atoms with E-state index in [9.17, 15) is 8.42 Å². The molecule has 1 aromatic carbocycles. The highest BCUT2D eigenvalue weighted by atomic mass is 127. The summed E-state index contributed by atoms with van der Waals surface area (Å²) >= 11 is 0. The third-order valence-corrected chi connectivity index (χ3v) is 3.30. The van der Waals surface area contributed by atoms with Gasteiger partial charge < -0.3 is 9.64 Å². The first-order chi connectivity index (χ1) is 6.50. The topological polar surface area (TPSA) is 46.6 Å². The van der Waals surface area contributed by atoms with Gasteiger partial charge in [0, 0.05) is 13.3 Å². The summed E-state index contributed by atoms with van der Waals surface area (Å²) in [6, 6.07) is 7.26. The second-order valence-electron chi connectivity index (χ2n) is 3.33. The highest BCUT2D eigenvalue weighted by Crippen LogP contribution is 2.36. The van der Waals surface area contributed by atoms with Gasteiger partial charge in [0.1, 0.15) is 5.75 Å².